The lowest BCUT2D eigenvalue weighted by Gasteiger charge is -2.16. The molecule has 0 aromatic carbocycles. The summed E-state index contributed by atoms with van der Waals surface area (Å²) < 4.78 is 31.5. The first-order valence-corrected chi connectivity index (χ1v) is 8.75. The summed E-state index contributed by atoms with van der Waals surface area (Å²) in [7, 11) is -3.81. The quantitative estimate of drug-likeness (QED) is 0.789. The van der Waals surface area contributed by atoms with Crippen molar-refractivity contribution in [1.29, 1.82) is 0 Å². The van der Waals surface area contributed by atoms with Crippen LogP contribution in [0.3, 0.4) is 0 Å². The third kappa shape index (κ3) is 5.76. The van der Waals surface area contributed by atoms with Gasteiger partial charge >= 0.3 is 5.97 Å². The number of carboxylic acids is 1. The lowest BCUT2D eigenvalue weighted by Crippen LogP contribution is -2.42. The zero-order valence-electron chi connectivity index (χ0n) is 13.6. The molecule has 1 rings (SSSR count). The minimum atomic E-state index is -3.81. The Morgan fingerprint density at radius 2 is 2.00 bits per heavy atom. The first kappa shape index (κ1) is 18.6. The Balaban J connectivity index is 2.82. The summed E-state index contributed by atoms with van der Waals surface area (Å²) in [5.74, 6) is -0.958. The maximum absolute atomic E-state index is 12.1. The van der Waals surface area contributed by atoms with Crippen LogP contribution in [0.25, 0.3) is 0 Å². The fraction of sp³-hybridized carbons (Fsp3) is 0.714. The van der Waals surface area contributed by atoms with Gasteiger partial charge in [0.15, 0.2) is 0 Å². The topological polar surface area (TPSA) is 110 Å². The second-order valence-electron chi connectivity index (χ2n) is 6.83. The van der Waals surface area contributed by atoms with E-state index in [1.165, 1.54) is 0 Å². The Kier molecular flexibility index (Phi) is 5.75. The van der Waals surface area contributed by atoms with Gasteiger partial charge in [-0.15, -0.1) is 0 Å². The molecule has 0 aliphatic rings. The maximum Gasteiger partial charge on any atom is 0.321 e. The molecule has 0 unspecified atom stereocenters. The van der Waals surface area contributed by atoms with Crippen molar-refractivity contribution in [2.75, 3.05) is 0 Å². The molecule has 1 atom stereocenters. The van der Waals surface area contributed by atoms with Crippen LogP contribution >= 0.6 is 0 Å². The number of nitrogens with one attached hydrogen (secondary N) is 1. The predicted molar refractivity (Wildman–Crippen MR) is 81.8 cm³/mol. The fourth-order valence-electron chi connectivity index (χ4n) is 1.86. The van der Waals surface area contributed by atoms with Crippen LogP contribution in [0, 0.1) is 5.92 Å². The average Bonchev–Trinajstić information content (AvgIpc) is 2.74. The smallest absolute Gasteiger partial charge is 0.321 e. The summed E-state index contributed by atoms with van der Waals surface area (Å²) in [5.41, 5.74) is -0.0185. The number of nitrogens with zero attached hydrogens (tertiary/aromatic N) is 1. The summed E-state index contributed by atoms with van der Waals surface area (Å²) in [6, 6.07) is 0.441. The highest BCUT2D eigenvalue weighted by Gasteiger charge is 2.27. The zero-order valence-corrected chi connectivity index (χ0v) is 14.4. The van der Waals surface area contributed by atoms with E-state index in [2.05, 4.69) is 9.88 Å². The van der Waals surface area contributed by atoms with Crippen LogP contribution in [0.2, 0.25) is 0 Å². The molecule has 7 nitrogen and oxygen atoms in total. The Labute approximate surface area is 131 Å². The number of carboxylic acid groups (broad SMARTS) is 1. The standard InChI is InChI=1S/C14H24N2O5S/c1-9(2)6-11(13(17)18)16-22(19,20)8-10-7-12(21-15-10)14(3,4)5/h7,9,11,16H,6,8H2,1-5H3,(H,17,18)/t11-/m0/s1. The molecule has 8 heteroatoms. The summed E-state index contributed by atoms with van der Waals surface area (Å²) in [5, 5.41) is 12.8. The van der Waals surface area contributed by atoms with Gasteiger partial charge in [0.1, 0.15) is 23.2 Å². The molecular weight excluding hydrogens is 308 g/mol. The van der Waals surface area contributed by atoms with Crippen LogP contribution in [0.1, 0.15) is 52.5 Å². The van der Waals surface area contributed by atoms with Gasteiger partial charge in [0.2, 0.25) is 10.0 Å². The summed E-state index contributed by atoms with van der Waals surface area (Å²) >= 11 is 0. The minimum absolute atomic E-state index is 0.0587. The second-order valence-corrected chi connectivity index (χ2v) is 8.58. The van der Waals surface area contributed by atoms with Gasteiger partial charge in [-0.2, -0.15) is 0 Å². The van der Waals surface area contributed by atoms with Crippen molar-refractivity contribution >= 4 is 16.0 Å². The largest absolute Gasteiger partial charge is 0.480 e. The van der Waals surface area contributed by atoms with Crippen molar-refractivity contribution < 1.29 is 22.8 Å². The maximum atomic E-state index is 12.1. The first-order valence-electron chi connectivity index (χ1n) is 7.09. The molecule has 2 N–H and O–H groups in total. The van der Waals surface area contributed by atoms with E-state index in [1.54, 1.807) is 6.07 Å². The fourth-order valence-corrected chi connectivity index (χ4v) is 3.10. The molecule has 1 aromatic heterocycles. The molecule has 0 saturated carbocycles. The van der Waals surface area contributed by atoms with Gasteiger partial charge in [-0.05, 0) is 12.3 Å². The summed E-state index contributed by atoms with van der Waals surface area (Å²) in [4.78, 5) is 11.1. The van der Waals surface area contributed by atoms with Crippen molar-refractivity contribution in [1.82, 2.24) is 9.88 Å². The molecule has 0 spiro atoms. The highest BCUT2D eigenvalue weighted by Crippen LogP contribution is 2.23. The Hall–Kier alpha value is -1.41. The third-order valence-corrected chi connectivity index (χ3v) is 4.28. The lowest BCUT2D eigenvalue weighted by molar-refractivity contribution is -0.139. The molecule has 1 heterocycles. The van der Waals surface area contributed by atoms with Crippen molar-refractivity contribution in [3.05, 3.63) is 17.5 Å². The van der Waals surface area contributed by atoms with Gasteiger partial charge < -0.3 is 9.63 Å². The molecule has 0 radical (unpaired) electrons. The summed E-state index contributed by atoms with van der Waals surface area (Å²) in [6.07, 6.45) is 0.223. The van der Waals surface area contributed by atoms with Crippen LogP contribution in [0.15, 0.2) is 10.6 Å². The van der Waals surface area contributed by atoms with Crippen LogP contribution in [0.4, 0.5) is 0 Å². The predicted octanol–water partition coefficient (Wildman–Crippen LogP) is 1.89. The molecule has 0 amide bonds. The van der Waals surface area contributed by atoms with E-state index in [0.717, 1.165) is 0 Å². The first-order chi connectivity index (χ1) is 9.90. The van der Waals surface area contributed by atoms with Crippen molar-refractivity contribution in [2.24, 2.45) is 5.92 Å². The monoisotopic (exact) mass is 332 g/mol. The molecule has 0 saturated heterocycles. The highest BCUT2D eigenvalue weighted by atomic mass is 32.2. The molecular formula is C14H24N2O5S. The van der Waals surface area contributed by atoms with Crippen molar-refractivity contribution in [2.45, 2.75) is 58.2 Å². The Morgan fingerprint density at radius 3 is 2.41 bits per heavy atom. The number of sulfonamides is 1. The van der Waals surface area contributed by atoms with Gasteiger partial charge in [0.05, 0.1) is 0 Å². The molecule has 22 heavy (non-hydrogen) atoms. The minimum Gasteiger partial charge on any atom is -0.480 e. The Bertz CT molecular complexity index is 613. The molecule has 0 fully saturated rings. The zero-order chi connectivity index (χ0) is 17.1. The normalized spacial score (nSPS) is 14.3. The van der Waals surface area contributed by atoms with E-state index >= 15 is 0 Å². The van der Waals surface area contributed by atoms with E-state index in [1.807, 2.05) is 34.6 Å². The number of rotatable bonds is 7. The van der Waals surface area contributed by atoms with Gasteiger partial charge in [-0.25, -0.2) is 13.1 Å². The number of carbonyl (C=O) groups is 1. The van der Waals surface area contributed by atoms with Crippen molar-refractivity contribution in [3.8, 4) is 0 Å². The molecule has 0 bridgehead atoms. The second kappa shape index (κ2) is 6.78. The van der Waals surface area contributed by atoms with E-state index < -0.39 is 27.8 Å². The van der Waals surface area contributed by atoms with Gasteiger partial charge in [-0.3, -0.25) is 4.79 Å². The highest BCUT2D eigenvalue weighted by molar-refractivity contribution is 7.88. The average molecular weight is 332 g/mol. The molecule has 0 aliphatic carbocycles. The number of aliphatic carboxylic acids is 1. The van der Waals surface area contributed by atoms with Gasteiger partial charge in [-0.1, -0.05) is 39.8 Å². The van der Waals surface area contributed by atoms with Gasteiger partial charge in [0, 0.05) is 11.5 Å². The van der Waals surface area contributed by atoms with Crippen LogP contribution < -0.4 is 4.72 Å². The van der Waals surface area contributed by atoms with E-state index in [-0.39, 0.29) is 23.4 Å². The molecule has 0 aliphatic heterocycles. The van der Waals surface area contributed by atoms with E-state index in [0.29, 0.717) is 5.76 Å². The number of hydrogen-bond donors (Lipinski definition) is 2. The SMILES string of the molecule is CC(C)C[C@H](NS(=O)(=O)Cc1cc(C(C)(C)C)on1)C(=O)O. The Morgan fingerprint density at radius 1 is 1.41 bits per heavy atom. The third-order valence-electron chi connectivity index (χ3n) is 2.96. The summed E-state index contributed by atoms with van der Waals surface area (Å²) in [6.45, 7) is 9.43. The van der Waals surface area contributed by atoms with Crippen LogP contribution in [-0.4, -0.2) is 30.7 Å². The number of hydrogen-bond acceptors (Lipinski definition) is 5. The van der Waals surface area contributed by atoms with E-state index in [9.17, 15) is 13.2 Å². The lowest BCUT2D eigenvalue weighted by atomic mass is 9.93. The number of aromatic nitrogens is 1. The van der Waals surface area contributed by atoms with Crippen LogP contribution in [0.5, 0.6) is 0 Å². The van der Waals surface area contributed by atoms with Crippen molar-refractivity contribution in [3.63, 3.8) is 0 Å². The van der Waals surface area contributed by atoms with Gasteiger partial charge in [0.25, 0.3) is 0 Å². The molecule has 1 aromatic rings. The van der Waals surface area contributed by atoms with E-state index in [4.69, 9.17) is 9.63 Å². The van der Waals surface area contributed by atoms with Crippen LogP contribution in [-0.2, 0) is 26.0 Å². The molecule has 126 valence electrons.